The van der Waals surface area contributed by atoms with Gasteiger partial charge in [0.05, 0.1) is 14.6 Å². The van der Waals surface area contributed by atoms with Crippen molar-refractivity contribution >= 4 is 65.6 Å². The highest BCUT2D eigenvalue weighted by molar-refractivity contribution is 7.91. The maximum Gasteiger partial charge on any atom is 0.253 e. The van der Waals surface area contributed by atoms with Crippen molar-refractivity contribution in [3.05, 3.63) is 39.7 Å². The molecule has 1 atom stereocenters. The number of hydrogen-bond donors (Lipinski definition) is 0. The Morgan fingerprint density at radius 1 is 1.21 bits per heavy atom. The number of likely N-dealkylation sites (N-methyl/N-ethyl adjacent to an activating group) is 1. The first-order valence-corrected chi connectivity index (χ1v) is 14.1. The Balaban J connectivity index is 1.70. The van der Waals surface area contributed by atoms with Crippen LogP contribution in [-0.4, -0.2) is 68.3 Å². The van der Waals surface area contributed by atoms with Crippen molar-refractivity contribution in [1.82, 2.24) is 14.2 Å². The van der Waals surface area contributed by atoms with E-state index in [0.717, 1.165) is 32.7 Å². The number of aromatic nitrogens is 1. The lowest BCUT2D eigenvalue weighted by Crippen LogP contribution is -2.49. The fourth-order valence-corrected chi connectivity index (χ4v) is 8.40. The summed E-state index contributed by atoms with van der Waals surface area (Å²) in [4.78, 5) is 22.3. The molecule has 1 fully saturated rings. The van der Waals surface area contributed by atoms with Crippen LogP contribution in [0.2, 0.25) is 4.34 Å². The third-order valence-electron chi connectivity index (χ3n) is 5.68. The monoisotopic (exact) mass is 526 g/mol. The van der Waals surface area contributed by atoms with Gasteiger partial charge in [0.2, 0.25) is 5.91 Å². The molecule has 0 radical (unpaired) electrons. The minimum absolute atomic E-state index is 0.165. The molecule has 7 nitrogen and oxygen atoms in total. The van der Waals surface area contributed by atoms with E-state index >= 15 is 0 Å². The summed E-state index contributed by atoms with van der Waals surface area (Å²) in [5.74, 6) is -0.228. The lowest BCUT2D eigenvalue weighted by molar-refractivity contribution is -0.121. The molecule has 11 heteroatoms. The van der Waals surface area contributed by atoms with E-state index in [4.69, 9.17) is 16.6 Å². The number of nitrogens with zero attached hydrogens (tertiary/aromatic N) is 4. The van der Waals surface area contributed by atoms with E-state index in [2.05, 4.69) is 6.07 Å². The van der Waals surface area contributed by atoms with E-state index in [1.165, 1.54) is 21.7 Å². The Labute approximate surface area is 207 Å². The smallest absolute Gasteiger partial charge is 0.253 e. The third-order valence-corrected chi connectivity index (χ3v) is 10.5. The second-order valence-electron chi connectivity index (χ2n) is 8.55. The highest BCUT2D eigenvalue weighted by atomic mass is 35.5. The summed E-state index contributed by atoms with van der Waals surface area (Å²) in [6.07, 6.45) is 1.12. The average molecular weight is 527 g/mol. The molecular weight excluding hydrogens is 500 g/mol. The Hall–Kier alpha value is -1.56. The molecule has 2 aromatic heterocycles. The molecule has 1 aromatic carbocycles. The summed E-state index contributed by atoms with van der Waals surface area (Å²) in [5.41, 5.74) is 3.10. The van der Waals surface area contributed by atoms with E-state index in [1.54, 1.807) is 11.0 Å². The number of carbonyl (C=O) groups excluding carboxylic acids is 1. The number of sulfonamides is 1. The second-order valence-corrected chi connectivity index (χ2v) is 13.4. The number of anilines is 1. The van der Waals surface area contributed by atoms with E-state index in [9.17, 15) is 13.2 Å². The zero-order valence-corrected chi connectivity index (χ0v) is 22.2. The summed E-state index contributed by atoms with van der Waals surface area (Å²) in [7, 11) is 0.0881. The first-order chi connectivity index (χ1) is 15.6. The molecule has 4 rings (SSSR count). The van der Waals surface area contributed by atoms with Crippen LogP contribution in [0.15, 0.2) is 28.5 Å². The first-order valence-electron chi connectivity index (χ1n) is 10.7. The molecule has 1 aliphatic heterocycles. The molecule has 0 bridgehead atoms. The largest absolute Gasteiger partial charge is 0.308 e. The second kappa shape index (κ2) is 9.59. The van der Waals surface area contributed by atoms with Gasteiger partial charge >= 0.3 is 0 Å². The Morgan fingerprint density at radius 2 is 1.97 bits per heavy atom. The lowest BCUT2D eigenvalue weighted by atomic mass is 10.1. The van der Waals surface area contributed by atoms with Crippen molar-refractivity contribution in [3.8, 4) is 0 Å². The molecule has 1 aliphatic rings. The van der Waals surface area contributed by atoms with Crippen LogP contribution in [0.25, 0.3) is 10.2 Å². The predicted octanol–water partition coefficient (Wildman–Crippen LogP) is 4.38. The third kappa shape index (κ3) is 4.96. The van der Waals surface area contributed by atoms with Crippen molar-refractivity contribution in [2.75, 3.05) is 38.6 Å². The van der Waals surface area contributed by atoms with Crippen LogP contribution in [0.1, 0.15) is 24.0 Å². The Bertz CT molecular complexity index is 1290. The number of aryl methyl sites for hydroxylation is 2. The Morgan fingerprint density at radius 3 is 2.64 bits per heavy atom. The van der Waals surface area contributed by atoms with Crippen LogP contribution >= 0.6 is 34.3 Å². The van der Waals surface area contributed by atoms with Gasteiger partial charge in [-0.3, -0.25) is 9.69 Å². The van der Waals surface area contributed by atoms with Gasteiger partial charge in [-0.25, -0.2) is 13.4 Å². The van der Waals surface area contributed by atoms with E-state index < -0.39 is 16.1 Å². The van der Waals surface area contributed by atoms with Crippen LogP contribution in [0.3, 0.4) is 0 Å². The van der Waals surface area contributed by atoms with Gasteiger partial charge in [-0.15, -0.1) is 11.3 Å². The lowest BCUT2D eigenvalue weighted by Gasteiger charge is -2.29. The molecule has 178 valence electrons. The fraction of sp³-hybridized carbons (Fsp3) is 0.455. The molecule has 3 heterocycles. The molecule has 0 spiro atoms. The SMILES string of the molecule is Cc1cc(C)c2sc(N(CCN(C)C)C(=O)C3CCCN3S(=O)(=O)c3ccc(Cl)s3)nc2c1. The van der Waals surface area contributed by atoms with Crippen LogP contribution in [0.5, 0.6) is 0 Å². The minimum atomic E-state index is -3.80. The van der Waals surface area contributed by atoms with Crippen LogP contribution in [-0.2, 0) is 14.8 Å². The number of carbonyl (C=O) groups is 1. The summed E-state index contributed by atoms with van der Waals surface area (Å²) in [6.45, 7) is 5.45. The van der Waals surface area contributed by atoms with Gasteiger partial charge in [-0.1, -0.05) is 29.0 Å². The number of benzene rings is 1. The van der Waals surface area contributed by atoms with Crippen molar-refractivity contribution in [3.63, 3.8) is 0 Å². The standard InChI is InChI=1S/C22H27ClN4O3S3/c1-14-12-15(2)20-16(13-14)24-22(32-20)26(11-10-25(3)4)21(28)17-6-5-9-27(17)33(29,30)19-8-7-18(23)31-19/h7-8,12-13,17H,5-6,9-11H2,1-4H3. The maximum atomic E-state index is 13.8. The quantitative estimate of drug-likeness (QED) is 0.457. The molecule has 0 aliphatic carbocycles. The summed E-state index contributed by atoms with van der Waals surface area (Å²) < 4.78 is 29.5. The summed E-state index contributed by atoms with van der Waals surface area (Å²) >= 11 is 8.48. The van der Waals surface area contributed by atoms with Gasteiger partial charge in [0, 0.05) is 19.6 Å². The topological polar surface area (TPSA) is 73.8 Å². The molecule has 0 saturated carbocycles. The molecule has 0 N–H and O–H groups in total. The summed E-state index contributed by atoms with van der Waals surface area (Å²) in [6, 6.07) is 6.44. The van der Waals surface area contributed by atoms with Crippen LogP contribution in [0, 0.1) is 13.8 Å². The zero-order chi connectivity index (χ0) is 23.9. The number of rotatable bonds is 7. The summed E-state index contributed by atoms with van der Waals surface area (Å²) in [5, 5.41) is 0.606. The first kappa shape index (κ1) is 24.6. The van der Waals surface area contributed by atoms with Gasteiger partial charge in [0.15, 0.2) is 5.13 Å². The highest BCUT2D eigenvalue weighted by Gasteiger charge is 2.42. The molecule has 1 unspecified atom stereocenters. The number of hydrogen-bond acceptors (Lipinski definition) is 7. The van der Waals surface area contributed by atoms with Crippen LogP contribution < -0.4 is 4.90 Å². The van der Waals surface area contributed by atoms with E-state index in [0.29, 0.717) is 41.9 Å². The molecule has 1 saturated heterocycles. The minimum Gasteiger partial charge on any atom is -0.308 e. The Kier molecular flexibility index (Phi) is 7.14. The highest BCUT2D eigenvalue weighted by Crippen LogP contribution is 2.36. The van der Waals surface area contributed by atoms with Gasteiger partial charge in [0.25, 0.3) is 10.0 Å². The zero-order valence-electron chi connectivity index (χ0n) is 19.0. The van der Waals surface area contributed by atoms with Gasteiger partial charge < -0.3 is 4.90 Å². The normalized spacial score (nSPS) is 17.3. The van der Waals surface area contributed by atoms with Crippen molar-refractivity contribution in [2.45, 2.75) is 36.9 Å². The van der Waals surface area contributed by atoms with Gasteiger partial charge in [0.1, 0.15) is 10.3 Å². The van der Waals surface area contributed by atoms with Gasteiger partial charge in [-0.05, 0) is 70.1 Å². The number of amides is 1. The fourth-order valence-electron chi connectivity index (χ4n) is 4.09. The van der Waals surface area contributed by atoms with Crippen molar-refractivity contribution in [2.24, 2.45) is 0 Å². The van der Waals surface area contributed by atoms with E-state index in [1.807, 2.05) is 38.9 Å². The predicted molar refractivity (Wildman–Crippen MR) is 136 cm³/mol. The molecule has 1 amide bonds. The average Bonchev–Trinajstić information content (AvgIpc) is 3.47. The number of halogens is 1. The maximum absolute atomic E-state index is 13.8. The van der Waals surface area contributed by atoms with Crippen LogP contribution in [0.4, 0.5) is 5.13 Å². The van der Waals surface area contributed by atoms with Gasteiger partial charge in [-0.2, -0.15) is 4.31 Å². The molecule has 33 heavy (non-hydrogen) atoms. The number of thiazole rings is 1. The molecule has 3 aromatic rings. The van der Waals surface area contributed by atoms with E-state index in [-0.39, 0.29) is 10.1 Å². The number of thiophene rings is 1. The number of fused-ring (bicyclic) bond motifs is 1. The molecular formula is C22H27ClN4O3S3. The van der Waals surface area contributed by atoms with Crippen molar-refractivity contribution < 1.29 is 13.2 Å². The van der Waals surface area contributed by atoms with Crippen molar-refractivity contribution in [1.29, 1.82) is 0 Å².